The van der Waals surface area contributed by atoms with Gasteiger partial charge in [-0.05, 0) is 56.3 Å². The number of amides is 1. The molecule has 1 amide bonds. The first-order valence-electron chi connectivity index (χ1n) is 9.15. The molecule has 0 fully saturated rings. The van der Waals surface area contributed by atoms with Gasteiger partial charge in [0.15, 0.2) is 6.61 Å². The van der Waals surface area contributed by atoms with Gasteiger partial charge in [0, 0.05) is 22.8 Å². The first kappa shape index (κ1) is 21.5. The van der Waals surface area contributed by atoms with Crippen molar-refractivity contribution in [1.82, 2.24) is 9.88 Å². The molecule has 2 aromatic rings. The van der Waals surface area contributed by atoms with Gasteiger partial charge in [-0.25, -0.2) is 4.79 Å². The summed E-state index contributed by atoms with van der Waals surface area (Å²) in [4.78, 5) is 25.2. The topological polar surface area (TPSA) is 84.1 Å². The van der Waals surface area contributed by atoms with Gasteiger partial charge in [0.1, 0.15) is 11.6 Å². The number of ether oxygens (including phenoxy) is 1. The Morgan fingerprint density at radius 3 is 2.79 bits per heavy atom. The van der Waals surface area contributed by atoms with Crippen LogP contribution in [0.2, 0.25) is 0 Å². The predicted octanol–water partition coefficient (Wildman–Crippen LogP) is 3.90. The molecule has 1 atom stereocenters. The maximum atomic E-state index is 12.2. The molecular formula is C21H25N3O3S. The SMILES string of the molecule is CCCn1c(C)cc(/C=C(\C#N)C(=O)OCC(=O)N[C@H](C)c2cccs2)c1C. The molecule has 0 saturated carbocycles. The maximum Gasteiger partial charge on any atom is 0.349 e. The lowest BCUT2D eigenvalue weighted by Crippen LogP contribution is -2.30. The maximum absolute atomic E-state index is 12.2. The number of nitriles is 1. The van der Waals surface area contributed by atoms with Crippen molar-refractivity contribution in [2.45, 2.75) is 46.7 Å². The number of nitrogens with zero attached hydrogens (tertiary/aromatic N) is 2. The second-order valence-electron chi connectivity index (χ2n) is 6.53. The molecule has 2 aromatic heterocycles. The van der Waals surface area contributed by atoms with Gasteiger partial charge in [-0.1, -0.05) is 13.0 Å². The van der Waals surface area contributed by atoms with Gasteiger partial charge in [0.25, 0.3) is 5.91 Å². The van der Waals surface area contributed by atoms with Crippen LogP contribution < -0.4 is 5.32 Å². The van der Waals surface area contributed by atoms with Crippen LogP contribution in [-0.2, 0) is 20.9 Å². The molecule has 0 aromatic carbocycles. The Morgan fingerprint density at radius 1 is 1.43 bits per heavy atom. The van der Waals surface area contributed by atoms with E-state index < -0.39 is 18.5 Å². The summed E-state index contributed by atoms with van der Waals surface area (Å²) in [7, 11) is 0. The fourth-order valence-corrected chi connectivity index (χ4v) is 3.67. The van der Waals surface area contributed by atoms with Gasteiger partial charge in [-0.3, -0.25) is 4.79 Å². The van der Waals surface area contributed by atoms with E-state index in [0.29, 0.717) is 0 Å². The Bertz CT molecular complexity index is 904. The Morgan fingerprint density at radius 2 is 2.18 bits per heavy atom. The van der Waals surface area contributed by atoms with Crippen molar-refractivity contribution in [2.24, 2.45) is 0 Å². The van der Waals surface area contributed by atoms with E-state index in [1.165, 1.54) is 17.4 Å². The summed E-state index contributed by atoms with van der Waals surface area (Å²) in [6, 6.07) is 7.47. The number of hydrogen-bond acceptors (Lipinski definition) is 5. The second kappa shape index (κ2) is 9.90. The Balaban J connectivity index is 2.00. The molecule has 0 radical (unpaired) electrons. The van der Waals surface area contributed by atoms with Crippen molar-refractivity contribution in [3.05, 3.63) is 51.0 Å². The van der Waals surface area contributed by atoms with Crippen molar-refractivity contribution in [1.29, 1.82) is 5.26 Å². The third kappa shape index (κ3) is 5.33. The van der Waals surface area contributed by atoms with Crippen molar-refractivity contribution >= 4 is 29.3 Å². The fourth-order valence-electron chi connectivity index (χ4n) is 2.93. The fraction of sp³-hybridized carbons (Fsp3) is 0.381. The van der Waals surface area contributed by atoms with Gasteiger partial charge < -0.3 is 14.6 Å². The molecule has 148 valence electrons. The van der Waals surface area contributed by atoms with Crippen LogP contribution in [0.1, 0.15) is 48.1 Å². The largest absolute Gasteiger partial charge is 0.451 e. The molecule has 0 saturated heterocycles. The summed E-state index contributed by atoms with van der Waals surface area (Å²) < 4.78 is 7.17. The normalized spacial score (nSPS) is 12.3. The molecule has 0 aliphatic rings. The molecule has 0 bridgehead atoms. The van der Waals surface area contributed by atoms with E-state index >= 15 is 0 Å². The average molecular weight is 400 g/mol. The van der Waals surface area contributed by atoms with Gasteiger partial charge in [-0.15, -0.1) is 11.3 Å². The van der Waals surface area contributed by atoms with Crippen molar-refractivity contribution in [3.8, 4) is 6.07 Å². The zero-order valence-corrected chi connectivity index (χ0v) is 17.4. The minimum Gasteiger partial charge on any atom is -0.451 e. The molecule has 0 unspecified atom stereocenters. The molecule has 2 rings (SSSR count). The quantitative estimate of drug-likeness (QED) is 0.414. The van der Waals surface area contributed by atoms with Gasteiger partial charge >= 0.3 is 5.97 Å². The van der Waals surface area contributed by atoms with E-state index in [9.17, 15) is 14.9 Å². The van der Waals surface area contributed by atoms with Crippen LogP contribution in [0.5, 0.6) is 0 Å². The number of esters is 1. The van der Waals surface area contributed by atoms with Gasteiger partial charge in [-0.2, -0.15) is 5.26 Å². The number of rotatable bonds is 8. The first-order chi connectivity index (χ1) is 13.4. The van der Waals surface area contributed by atoms with E-state index in [1.807, 2.05) is 50.4 Å². The van der Waals surface area contributed by atoms with E-state index in [4.69, 9.17) is 4.74 Å². The molecule has 2 heterocycles. The zero-order chi connectivity index (χ0) is 20.7. The van der Waals surface area contributed by atoms with Crippen LogP contribution in [-0.4, -0.2) is 23.1 Å². The summed E-state index contributed by atoms with van der Waals surface area (Å²) in [5.74, 6) is -1.21. The summed E-state index contributed by atoms with van der Waals surface area (Å²) in [6.45, 7) is 8.34. The summed E-state index contributed by atoms with van der Waals surface area (Å²) >= 11 is 1.54. The van der Waals surface area contributed by atoms with Crippen molar-refractivity contribution in [2.75, 3.05) is 6.61 Å². The van der Waals surface area contributed by atoms with E-state index in [1.54, 1.807) is 0 Å². The number of aromatic nitrogens is 1. The number of hydrogen-bond donors (Lipinski definition) is 1. The molecule has 28 heavy (non-hydrogen) atoms. The van der Waals surface area contributed by atoms with Gasteiger partial charge in [0.05, 0.1) is 6.04 Å². The predicted molar refractivity (Wildman–Crippen MR) is 110 cm³/mol. The minimum absolute atomic E-state index is 0.129. The van der Waals surface area contributed by atoms with Crippen LogP contribution in [0.4, 0.5) is 0 Å². The molecule has 1 N–H and O–H groups in total. The molecule has 0 aliphatic carbocycles. The highest BCUT2D eigenvalue weighted by atomic mass is 32.1. The summed E-state index contributed by atoms with van der Waals surface area (Å²) in [5.41, 5.74) is 2.73. The highest BCUT2D eigenvalue weighted by Gasteiger charge is 2.17. The van der Waals surface area contributed by atoms with Crippen LogP contribution in [0.3, 0.4) is 0 Å². The van der Waals surface area contributed by atoms with Crippen molar-refractivity contribution < 1.29 is 14.3 Å². The first-order valence-corrected chi connectivity index (χ1v) is 10.0. The Hall–Kier alpha value is -2.85. The van der Waals surface area contributed by atoms with Gasteiger partial charge in [0.2, 0.25) is 0 Å². The van der Waals surface area contributed by atoms with Crippen molar-refractivity contribution in [3.63, 3.8) is 0 Å². The lowest BCUT2D eigenvalue weighted by molar-refractivity contribution is -0.144. The van der Waals surface area contributed by atoms with E-state index in [2.05, 4.69) is 16.8 Å². The average Bonchev–Trinajstić information content (AvgIpc) is 3.29. The van der Waals surface area contributed by atoms with Crippen LogP contribution in [0, 0.1) is 25.2 Å². The molecule has 0 aliphatic heterocycles. The number of carbonyl (C=O) groups excluding carboxylic acids is 2. The lowest BCUT2D eigenvalue weighted by Gasteiger charge is -2.12. The Kier molecular flexibility index (Phi) is 7.59. The monoisotopic (exact) mass is 399 g/mol. The number of nitrogens with one attached hydrogen (secondary N) is 1. The van der Waals surface area contributed by atoms with Crippen LogP contribution in [0.15, 0.2) is 29.2 Å². The smallest absolute Gasteiger partial charge is 0.349 e. The zero-order valence-electron chi connectivity index (χ0n) is 16.6. The third-order valence-corrected chi connectivity index (χ3v) is 5.44. The number of aryl methyl sites for hydroxylation is 1. The van der Waals surface area contributed by atoms with Crippen LogP contribution >= 0.6 is 11.3 Å². The molecule has 0 spiro atoms. The second-order valence-corrected chi connectivity index (χ2v) is 7.51. The number of thiophene rings is 1. The van der Waals surface area contributed by atoms with E-state index in [0.717, 1.165) is 34.8 Å². The number of carbonyl (C=O) groups is 2. The third-order valence-electron chi connectivity index (χ3n) is 4.38. The van der Waals surface area contributed by atoms with Crippen LogP contribution in [0.25, 0.3) is 6.08 Å². The minimum atomic E-state index is -0.804. The standard InChI is InChI=1S/C21H25N3O3S/c1-5-8-24-14(2)10-17(16(24)4)11-18(12-22)21(26)27-13-20(25)23-15(3)19-7-6-9-28-19/h6-7,9-11,15H,5,8,13H2,1-4H3,(H,23,25)/b18-11+/t15-/m1/s1. The highest BCUT2D eigenvalue weighted by molar-refractivity contribution is 7.10. The van der Waals surface area contributed by atoms with E-state index in [-0.39, 0.29) is 11.6 Å². The lowest BCUT2D eigenvalue weighted by atomic mass is 10.1. The molecule has 6 nitrogen and oxygen atoms in total. The molecular weight excluding hydrogens is 374 g/mol. The molecule has 7 heteroatoms. The summed E-state index contributed by atoms with van der Waals surface area (Å²) in [6.07, 6.45) is 2.51. The highest BCUT2D eigenvalue weighted by Crippen LogP contribution is 2.20. The Labute approximate surface area is 169 Å². The summed E-state index contributed by atoms with van der Waals surface area (Å²) in [5, 5.41) is 14.0.